The quantitative estimate of drug-likeness (QED) is 0.534. The molecular weight excluding hydrogens is 176 g/mol. The summed E-state index contributed by atoms with van der Waals surface area (Å²) in [5.74, 6) is 5.44. The molecule has 0 heterocycles. The lowest BCUT2D eigenvalue weighted by molar-refractivity contribution is -0.140. The maximum Gasteiger partial charge on any atom is 0.172 e. The van der Waals surface area contributed by atoms with Gasteiger partial charge in [0.25, 0.3) is 0 Å². The minimum Gasteiger partial charge on any atom is -0.378 e. The van der Waals surface area contributed by atoms with Gasteiger partial charge in [0, 0.05) is 12.3 Å². The molecule has 0 aromatic carbocycles. The van der Waals surface area contributed by atoms with Crippen LogP contribution in [0.25, 0.3) is 0 Å². The Morgan fingerprint density at radius 3 is 3.07 bits per heavy atom. The van der Waals surface area contributed by atoms with Gasteiger partial charge in [-0.1, -0.05) is 12.7 Å². The van der Waals surface area contributed by atoms with Crippen molar-refractivity contribution < 1.29 is 9.90 Å². The molecule has 0 amide bonds. The monoisotopic (exact) mass is 192 g/mol. The molecule has 0 radical (unpaired) electrons. The summed E-state index contributed by atoms with van der Waals surface area (Å²) < 4.78 is 0. The van der Waals surface area contributed by atoms with Gasteiger partial charge < -0.3 is 5.11 Å². The fraction of sp³-hybridized carbons (Fsp3) is 0.583. The molecule has 2 heteroatoms. The number of hydrogen-bond donors (Lipinski definition) is 1. The number of aliphatic hydroxyl groups is 1. The Balaban J connectivity index is 2.74. The number of rotatable bonds is 2. The van der Waals surface area contributed by atoms with Crippen LogP contribution < -0.4 is 0 Å². The van der Waals surface area contributed by atoms with Crippen molar-refractivity contribution in [2.75, 3.05) is 0 Å². The third-order valence-corrected chi connectivity index (χ3v) is 2.77. The molecule has 1 aliphatic rings. The minimum absolute atomic E-state index is 0.110. The van der Waals surface area contributed by atoms with E-state index in [1.54, 1.807) is 6.92 Å². The molecule has 0 aliphatic heterocycles. The molecule has 0 unspecified atom stereocenters. The van der Waals surface area contributed by atoms with Crippen LogP contribution in [0, 0.1) is 17.8 Å². The van der Waals surface area contributed by atoms with Crippen LogP contribution in [0.15, 0.2) is 12.7 Å². The zero-order valence-electron chi connectivity index (χ0n) is 8.55. The lowest BCUT2D eigenvalue weighted by Crippen LogP contribution is -2.44. The molecule has 1 fully saturated rings. The zero-order valence-corrected chi connectivity index (χ0v) is 8.55. The molecule has 1 rings (SSSR count). The van der Waals surface area contributed by atoms with E-state index in [-0.39, 0.29) is 11.7 Å². The van der Waals surface area contributed by atoms with Gasteiger partial charge in [-0.2, -0.15) is 0 Å². The van der Waals surface area contributed by atoms with Gasteiger partial charge >= 0.3 is 0 Å². The Labute approximate surface area is 85.0 Å². The normalized spacial score (nSPS) is 31.9. The van der Waals surface area contributed by atoms with Gasteiger partial charge in [-0.3, -0.25) is 4.79 Å². The summed E-state index contributed by atoms with van der Waals surface area (Å²) in [5, 5.41) is 9.90. The average Bonchev–Trinajstić information content (AvgIpc) is 2.20. The number of carbonyl (C=O) groups is 1. The van der Waals surface area contributed by atoms with Crippen LogP contribution in [0.4, 0.5) is 0 Å². The molecule has 1 saturated carbocycles. The van der Waals surface area contributed by atoms with Gasteiger partial charge in [0.05, 0.1) is 0 Å². The van der Waals surface area contributed by atoms with Gasteiger partial charge in [0.1, 0.15) is 5.60 Å². The second-order valence-corrected chi connectivity index (χ2v) is 3.71. The lowest BCUT2D eigenvalue weighted by atomic mass is 9.76. The van der Waals surface area contributed by atoms with Gasteiger partial charge in [-0.15, -0.1) is 11.8 Å². The van der Waals surface area contributed by atoms with Crippen molar-refractivity contribution in [2.24, 2.45) is 5.92 Å². The maximum absolute atomic E-state index is 11.8. The molecule has 2 nitrogen and oxygen atoms in total. The summed E-state index contributed by atoms with van der Waals surface area (Å²) in [6.45, 7) is 5.27. The number of hydrogen-bond acceptors (Lipinski definition) is 2. The Bertz CT molecular complexity index is 295. The van der Waals surface area contributed by atoms with E-state index >= 15 is 0 Å². The van der Waals surface area contributed by atoms with Gasteiger partial charge in [-0.25, -0.2) is 0 Å². The third kappa shape index (κ3) is 2.05. The van der Waals surface area contributed by atoms with Crippen LogP contribution >= 0.6 is 0 Å². The van der Waals surface area contributed by atoms with E-state index in [0.717, 1.165) is 12.8 Å². The van der Waals surface area contributed by atoms with E-state index < -0.39 is 5.60 Å². The highest BCUT2D eigenvalue weighted by Gasteiger charge is 2.40. The predicted molar refractivity (Wildman–Crippen MR) is 55.6 cm³/mol. The topological polar surface area (TPSA) is 37.3 Å². The Morgan fingerprint density at radius 1 is 1.79 bits per heavy atom. The van der Waals surface area contributed by atoms with E-state index in [2.05, 4.69) is 18.4 Å². The van der Waals surface area contributed by atoms with Crippen molar-refractivity contribution in [3.63, 3.8) is 0 Å². The van der Waals surface area contributed by atoms with Crippen molar-refractivity contribution in [1.29, 1.82) is 0 Å². The van der Waals surface area contributed by atoms with Gasteiger partial charge in [0.2, 0.25) is 0 Å². The third-order valence-electron chi connectivity index (χ3n) is 2.77. The first-order valence-electron chi connectivity index (χ1n) is 4.94. The van der Waals surface area contributed by atoms with Gasteiger partial charge in [-0.05, 0) is 26.2 Å². The summed E-state index contributed by atoms with van der Waals surface area (Å²) in [6, 6.07) is 0. The zero-order chi connectivity index (χ0) is 10.6. The summed E-state index contributed by atoms with van der Waals surface area (Å²) in [7, 11) is 0. The number of carbonyl (C=O) groups excluding carboxylic acids is 1. The fourth-order valence-electron chi connectivity index (χ4n) is 1.85. The highest BCUT2D eigenvalue weighted by Crippen LogP contribution is 2.31. The molecule has 1 aliphatic carbocycles. The second kappa shape index (κ2) is 4.43. The second-order valence-electron chi connectivity index (χ2n) is 3.71. The summed E-state index contributed by atoms with van der Waals surface area (Å²) in [6.07, 6.45) is 4.13. The van der Waals surface area contributed by atoms with Gasteiger partial charge in [0.15, 0.2) is 5.78 Å². The van der Waals surface area contributed by atoms with E-state index in [9.17, 15) is 9.90 Å². The molecule has 0 spiro atoms. The molecule has 0 bridgehead atoms. The van der Waals surface area contributed by atoms with Crippen molar-refractivity contribution >= 4 is 5.78 Å². The summed E-state index contributed by atoms with van der Waals surface area (Å²) >= 11 is 0. The fourth-order valence-corrected chi connectivity index (χ4v) is 1.85. The van der Waals surface area contributed by atoms with Crippen molar-refractivity contribution in [3.8, 4) is 11.8 Å². The predicted octanol–water partition coefficient (Wildman–Crippen LogP) is 1.69. The lowest BCUT2D eigenvalue weighted by Gasteiger charge is -2.32. The molecule has 76 valence electrons. The number of ketones is 1. The number of Topliss-reactive ketones (excluding diaryl/α,β-unsaturated/α-hetero) is 1. The molecule has 0 saturated heterocycles. The SMILES string of the molecule is C=C[C@]1(O)CCC[C@H](CC#CC)C1=O. The first-order valence-corrected chi connectivity index (χ1v) is 4.94. The molecule has 14 heavy (non-hydrogen) atoms. The molecule has 2 atom stereocenters. The van der Waals surface area contributed by atoms with E-state index in [1.807, 2.05) is 0 Å². The van der Waals surface area contributed by atoms with Crippen molar-refractivity contribution in [3.05, 3.63) is 12.7 Å². The van der Waals surface area contributed by atoms with Crippen LogP contribution in [-0.2, 0) is 4.79 Å². The van der Waals surface area contributed by atoms with Crippen LogP contribution in [0.5, 0.6) is 0 Å². The van der Waals surface area contributed by atoms with Crippen molar-refractivity contribution in [2.45, 2.75) is 38.2 Å². The first kappa shape index (κ1) is 11.0. The first-order chi connectivity index (χ1) is 6.64. The van der Waals surface area contributed by atoms with Crippen LogP contribution in [-0.4, -0.2) is 16.5 Å². The Kier molecular flexibility index (Phi) is 3.49. The molecule has 1 N–H and O–H groups in total. The average molecular weight is 192 g/mol. The van der Waals surface area contributed by atoms with Crippen LogP contribution in [0.2, 0.25) is 0 Å². The Morgan fingerprint density at radius 2 is 2.50 bits per heavy atom. The maximum atomic E-state index is 11.8. The van der Waals surface area contributed by atoms with Crippen LogP contribution in [0.3, 0.4) is 0 Å². The Hall–Kier alpha value is -1.07. The molecule has 0 aromatic rings. The minimum atomic E-state index is -1.29. The summed E-state index contributed by atoms with van der Waals surface area (Å²) in [5.41, 5.74) is -1.29. The molecule has 0 aromatic heterocycles. The van der Waals surface area contributed by atoms with Crippen LogP contribution in [0.1, 0.15) is 32.6 Å². The van der Waals surface area contributed by atoms with E-state index in [0.29, 0.717) is 12.8 Å². The van der Waals surface area contributed by atoms with Crippen molar-refractivity contribution in [1.82, 2.24) is 0 Å². The largest absolute Gasteiger partial charge is 0.378 e. The highest BCUT2D eigenvalue weighted by atomic mass is 16.3. The molecular formula is C12H16O2. The highest BCUT2D eigenvalue weighted by molar-refractivity contribution is 5.91. The summed E-state index contributed by atoms with van der Waals surface area (Å²) in [4.78, 5) is 11.8. The standard InChI is InChI=1S/C12H16O2/c1-3-5-7-10-8-6-9-12(14,4-2)11(10)13/h4,10,14H,2,6-9H2,1H3/t10-,12-/m0/s1. The van der Waals surface area contributed by atoms with E-state index in [1.165, 1.54) is 6.08 Å². The smallest absolute Gasteiger partial charge is 0.172 e. The van der Waals surface area contributed by atoms with E-state index in [4.69, 9.17) is 0 Å².